The number of amides is 2. The van der Waals surface area contributed by atoms with Crippen LogP contribution in [0.25, 0.3) is 0 Å². The van der Waals surface area contributed by atoms with Gasteiger partial charge in [-0.05, 0) is 61.7 Å². The Labute approximate surface area is 156 Å². The molecule has 4 rings (SSSR count). The molecule has 0 saturated carbocycles. The normalized spacial score (nSPS) is 21.7. The first kappa shape index (κ1) is 16.7. The van der Waals surface area contributed by atoms with Gasteiger partial charge in [-0.3, -0.25) is 9.59 Å². The maximum atomic E-state index is 13.1. The summed E-state index contributed by atoms with van der Waals surface area (Å²) in [7, 11) is 0. The smallest absolute Gasteiger partial charge is 0.263 e. The number of hydrogen-bond acceptors (Lipinski definition) is 5. The van der Waals surface area contributed by atoms with Crippen LogP contribution >= 0.6 is 11.6 Å². The van der Waals surface area contributed by atoms with Crippen LogP contribution in [0.4, 0.5) is 11.4 Å². The molecule has 0 aromatic heterocycles. The number of fused-ring (bicyclic) bond motifs is 1. The van der Waals surface area contributed by atoms with E-state index in [-0.39, 0.29) is 11.8 Å². The molecule has 26 heavy (non-hydrogen) atoms. The molecule has 2 aliphatic rings. The van der Waals surface area contributed by atoms with Crippen molar-refractivity contribution in [2.45, 2.75) is 32.9 Å². The summed E-state index contributed by atoms with van der Waals surface area (Å²) in [6, 6.07) is 9.45. The molecule has 0 unspecified atom stereocenters. The van der Waals surface area contributed by atoms with E-state index >= 15 is 0 Å². The van der Waals surface area contributed by atoms with E-state index in [0.717, 1.165) is 16.7 Å². The van der Waals surface area contributed by atoms with Gasteiger partial charge in [-0.15, -0.1) is 0 Å². The highest BCUT2D eigenvalue weighted by Crippen LogP contribution is 2.36. The minimum atomic E-state index is -0.830. The van der Waals surface area contributed by atoms with Gasteiger partial charge in [0.15, 0.2) is 12.1 Å². The number of rotatable bonds is 2. The molecule has 7 heteroatoms. The van der Waals surface area contributed by atoms with Crippen molar-refractivity contribution in [3.8, 4) is 0 Å². The average molecular weight is 369 g/mol. The summed E-state index contributed by atoms with van der Waals surface area (Å²) in [5.74, 6) is -0.679. The zero-order valence-corrected chi connectivity index (χ0v) is 15.4. The molecule has 0 N–H and O–H groups in total. The standard InChI is InChI=1S/C19H17ClN4O2/c1-10-6-11(2)8-14(7-10)23-18(25)16-17(19(23)26)24(22-21-16)13-5-4-12(3)15(20)9-13/h4-9,16-17H,1-3H3/t16-,17-/m1/s1. The highest BCUT2D eigenvalue weighted by Gasteiger charge is 2.55. The summed E-state index contributed by atoms with van der Waals surface area (Å²) in [5, 5.41) is 10.2. The van der Waals surface area contributed by atoms with E-state index in [1.54, 1.807) is 6.07 Å². The quantitative estimate of drug-likeness (QED) is 0.758. The van der Waals surface area contributed by atoms with Crippen molar-refractivity contribution in [1.82, 2.24) is 0 Å². The van der Waals surface area contributed by atoms with Crippen molar-refractivity contribution in [3.05, 3.63) is 58.1 Å². The van der Waals surface area contributed by atoms with Crippen LogP contribution in [-0.4, -0.2) is 23.9 Å². The third kappa shape index (κ3) is 2.49. The predicted molar refractivity (Wildman–Crippen MR) is 99.5 cm³/mol. The van der Waals surface area contributed by atoms with Crippen LogP contribution in [0.1, 0.15) is 16.7 Å². The van der Waals surface area contributed by atoms with Gasteiger partial charge < -0.3 is 0 Å². The minimum Gasteiger partial charge on any atom is -0.271 e. The Morgan fingerprint density at radius 3 is 2.27 bits per heavy atom. The van der Waals surface area contributed by atoms with Crippen molar-refractivity contribution in [3.63, 3.8) is 0 Å². The number of halogens is 1. The Morgan fingerprint density at radius 1 is 0.923 bits per heavy atom. The Hall–Kier alpha value is -2.73. The van der Waals surface area contributed by atoms with Gasteiger partial charge in [0.1, 0.15) is 0 Å². The second-order valence-electron chi connectivity index (χ2n) is 6.73. The molecule has 2 aliphatic heterocycles. The zero-order valence-electron chi connectivity index (χ0n) is 14.6. The molecule has 2 heterocycles. The highest BCUT2D eigenvalue weighted by molar-refractivity contribution is 6.31. The maximum absolute atomic E-state index is 13.1. The minimum absolute atomic E-state index is 0.327. The van der Waals surface area contributed by atoms with E-state index in [2.05, 4.69) is 10.3 Å². The number of carbonyl (C=O) groups is 2. The summed E-state index contributed by atoms with van der Waals surface area (Å²) < 4.78 is 0. The zero-order chi connectivity index (χ0) is 18.6. The molecule has 132 valence electrons. The number of nitrogens with zero attached hydrogens (tertiary/aromatic N) is 4. The molecular formula is C19H17ClN4O2. The lowest BCUT2D eigenvalue weighted by Crippen LogP contribution is -2.40. The first-order valence-electron chi connectivity index (χ1n) is 8.29. The molecule has 1 saturated heterocycles. The van der Waals surface area contributed by atoms with Crippen molar-refractivity contribution in [1.29, 1.82) is 0 Å². The summed E-state index contributed by atoms with van der Waals surface area (Å²) >= 11 is 6.20. The average Bonchev–Trinajstić information content (AvgIpc) is 3.10. The molecule has 2 aromatic rings. The van der Waals surface area contributed by atoms with Gasteiger partial charge in [0.05, 0.1) is 11.4 Å². The van der Waals surface area contributed by atoms with Gasteiger partial charge in [0, 0.05) is 5.02 Å². The van der Waals surface area contributed by atoms with E-state index in [0.29, 0.717) is 16.4 Å². The van der Waals surface area contributed by atoms with Gasteiger partial charge in [0.25, 0.3) is 11.8 Å². The van der Waals surface area contributed by atoms with Gasteiger partial charge in [-0.25, -0.2) is 9.91 Å². The second kappa shape index (κ2) is 5.92. The molecule has 0 radical (unpaired) electrons. The lowest BCUT2D eigenvalue weighted by atomic mass is 10.1. The lowest BCUT2D eigenvalue weighted by molar-refractivity contribution is -0.121. The molecule has 0 aliphatic carbocycles. The van der Waals surface area contributed by atoms with Crippen molar-refractivity contribution in [2.24, 2.45) is 10.3 Å². The molecule has 2 aromatic carbocycles. The maximum Gasteiger partial charge on any atom is 0.263 e. The molecule has 0 bridgehead atoms. The van der Waals surface area contributed by atoms with E-state index in [1.807, 2.05) is 51.1 Å². The summed E-state index contributed by atoms with van der Waals surface area (Å²) in [6.07, 6.45) is 0. The summed E-state index contributed by atoms with van der Waals surface area (Å²) in [6.45, 7) is 5.76. The number of carbonyl (C=O) groups excluding carboxylic acids is 2. The Morgan fingerprint density at radius 2 is 1.62 bits per heavy atom. The lowest BCUT2D eigenvalue weighted by Gasteiger charge is -2.21. The van der Waals surface area contributed by atoms with Crippen LogP contribution in [0.5, 0.6) is 0 Å². The van der Waals surface area contributed by atoms with Crippen LogP contribution in [0.2, 0.25) is 5.02 Å². The van der Waals surface area contributed by atoms with Crippen LogP contribution in [0, 0.1) is 20.8 Å². The first-order chi connectivity index (χ1) is 12.4. The number of benzene rings is 2. The topological polar surface area (TPSA) is 65.3 Å². The first-order valence-corrected chi connectivity index (χ1v) is 8.67. The van der Waals surface area contributed by atoms with E-state index in [4.69, 9.17) is 11.6 Å². The Bertz CT molecular complexity index is 952. The summed E-state index contributed by atoms with van der Waals surface area (Å²) in [4.78, 5) is 27.1. The van der Waals surface area contributed by atoms with E-state index < -0.39 is 12.1 Å². The fourth-order valence-corrected chi connectivity index (χ4v) is 3.61. The number of anilines is 2. The van der Waals surface area contributed by atoms with Crippen LogP contribution < -0.4 is 9.91 Å². The summed E-state index contributed by atoms with van der Waals surface area (Å²) in [5.41, 5.74) is 4.11. The van der Waals surface area contributed by atoms with Crippen LogP contribution in [0.3, 0.4) is 0 Å². The van der Waals surface area contributed by atoms with Crippen molar-refractivity contribution >= 4 is 34.8 Å². The van der Waals surface area contributed by atoms with Gasteiger partial charge >= 0.3 is 0 Å². The number of aryl methyl sites for hydroxylation is 3. The van der Waals surface area contributed by atoms with E-state index in [1.165, 1.54) is 9.91 Å². The third-order valence-corrected chi connectivity index (χ3v) is 5.07. The van der Waals surface area contributed by atoms with Crippen molar-refractivity contribution < 1.29 is 9.59 Å². The fraction of sp³-hybridized carbons (Fsp3) is 0.263. The Balaban J connectivity index is 1.72. The van der Waals surface area contributed by atoms with Crippen molar-refractivity contribution in [2.75, 3.05) is 9.91 Å². The molecule has 2 atom stereocenters. The molecule has 2 amide bonds. The monoisotopic (exact) mass is 368 g/mol. The Kier molecular flexibility index (Phi) is 3.80. The van der Waals surface area contributed by atoms with Crippen LogP contribution in [0.15, 0.2) is 46.7 Å². The highest BCUT2D eigenvalue weighted by atomic mass is 35.5. The fourth-order valence-electron chi connectivity index (χ4n) is 3.43. The molecule has 0 spiro atoms. The number of hydrogen-bond donors (Lipinski definition) is 0. The largest absolute Gasteiger partial charge is 0.271 e. The van der Waals surface area contributed by atoms with Gasteiger partial charge in [-0.2, -0.15) is 5.11 Å². The predicted octanol–water partition coefficient (Wildman–Crippen LogP) is 3.76. The third-order valence-electron chi connectivity index (χ3n) is 4.67. The molecule has 1 fully saturated rings. The second-order valence-corrected chi connectivity index (χ2v) is 7.14. The van der Waals surface area contributed by atoms with Gasteiger partial charge in [0.2, 0.25) is 0 Å². The van der Waals surface area contributed by atoms with Crippen LogP contribution in [-0.2, 0) is 9.59 Å². The molecule has 6 nitrogen and oxygen atoms in total. The molecular weight excluding hydrogens is 352 g/mol. The van der Waals surface area contributed by atoms with Gasteiger partial charge in [-0.1, -0.05) is 29.0 Å². The number of imide groups is 1. The SMILES string of the molecule is Cc1cc(C)cc(N2C(=O)[C@@H]3N=NN(c4ccc(C)c(Cl)c4)[C@H]3C2=O)c1. The van der Waals surface area contributed by atoms with E-state index in [9.17, 15) is 9.59 Å².